The highest BCUT2D eigenvalue weighted by molar-refractivity contribution is 9.10. The predicted octanol–water partition coefficient (Wildman–Crippen LogP) is 2.53. The fraction of sp³-hybridized carbons (Fsp3) is 0.429. The summed E-state index contributed by atoms with van der Waals surface area (Å²) in [5.41, 5.74) is 1.04. The van der Waals surface area contributed by atoms with Crippen LogP contribution in [0.3, 0.4) is 0 Å². The molecule has 1 aromatic carbocycles. The number of rotatable bonds is 5. The van der Waals surface area contributed by atoms with Gasteiger partial charge in [-0.3, -0.25) is 9.59 Å². The molecule has 0 unspecified atom stereocenters. The lowest BCUT2D eigenvalue weighted by Gasteiger charge is -2.19. The van der Waals surface area contributed by atoms with Gasteiger partial charge in [0.15, 0.2) is 0 Å². The zero-order valence-corrected chi connectivity index (χ0v) is 12.9. The molecule has 0 fully saturated rings. The molecule has 0 aromatic heterocycles. The summed E-state index contributed by atoms with van der Waals surface area (Å²) in [6.07, 6.45) is 0.245. The molecule has 19 heavy (non-hydrogen) atoms. The Kier molecular flexibility index (Phi) is 5.11. The average Bonchev–Trinajstić information content (AvgIpc) is 2.31. The van der Waals surface area contributed by atoms with Crippen LogP contribution in [0.15, 0.2) is 22.7 Å². The minimum absolute atomic E-state index is 0.119. The summed E-state index contributed by atoms with van der Waals surface area (Å²) >= 11 is 3.42. The smallest absolute Gasteiger partial charge is 0.310 e. The van der Waals surface area contributed by atoms with Crippen molar-refractivity contribution in [2.45, 2.75) is 27.2 Å². The van der Waals surface area contributed by atoms with Crippen LogP contribution in [0.1, 0.15) is 25.0 Å². The van der Waals surface area contributed by atoms with Gasteiger partial charge in [-0.1, -0.05) is 28.1 Å². The summed E-state index contributed by atoms with van der Waals surface area (Å²) < 4.78 is 0.962. The van der Waals surface area contributed by atoms with Gasteiger partial charge in [-0.05, 0) is 38.0 Å². The van der Waals surface area contributed by atoms with Crippen LogP contribution in [0.4, 0.5) is 0 Å². The van der Waals surface area contributed by atoms with Crippen molar-refractivity contribution < 1.29 is 14.7 Å². The molecule has 0 aliphatic rings. The molecule has 5 heteroatoms. The molecule has 0 aliphatic carbocycles. The fourth-order valence-corrected chi connectivity index (χ4v) is 1.82. The Hall–Kier alpha value is -1.36. The molecule has 0 atom stereocenters. The van der Waals surface area contributed by atoms with E-state index in [1.807, 2.05) is 25.1 Å². The molecule has 0 saturated heterocycles. The van der Waals surface area contributed by atoms with Crippen molar-refractivity contribution >= 4 is 27.8 Å². The SMILES string of the molecule is Cc1ccc(CC(=O)NCC(C)(C)C(=O)O)cc1Br. The highest BCUT2D eigenvalue weighted by atomic mass is 79.9. The first-order valence-electron chi connectivity index (χ1n) is 5.97. The number of amides is 1. The van der Waals surface area contributed by atoms with Crippen LogP contribution in [0, 0.1) is 12.3 Å². The van der Waals surface area contributed by atoms with E-state index in [4.69, 9.17) is 5.11 Å². The van der Waals surface area contributed by atoms with Gasteiger partial charge in [-0.15, -0.1) is 0 Å². The highest BCUT2D eigenvalue weighted by Gasteiger charge is 2.27. The number of aliphatic carboxylic acids is 1. The number of nitrogens with one attached hydrogen (secondary N) is 1. The average molecular weight is 328 g/mol. The Balaban J connectivity index is 2.56. The summed E-state index contributed by atoms with van der Waals surface area (Å²) in [6, 6.07) is 5.73. The molecule has 0 saturated carbocycles. The van der Waals surface area contributed by atoms with E-state index in [0.29, 0.717) is 0 Å². The molecule has 0 bridgehead atoms. The number of aryl methyl sites for hydroxylation is 1. The van der Waals surface area contributed by atoms with Gasteiger partial charge in [-0.2, -0.15) is 0 Å². The van der Waals surface area contributed by atoms with E-state index >= 15 is 0 Å². The second-order valence-electron chi connectivity index (χ2n) is 5.23. The van der Waals surface area contributed by atoms with Gasteiger partial charge < -0.3 is 10.4 Å². The van der Waals surface area contributed by atoms with E-state index in [1.54, 1.807) is 13.8 Å². The molecular weight excluding hydrogens is 310 g/mol. The molecule has 1 amide bonds. The molecule has 1 aromatic rings. The molecule has 0 aliphatic heterocycles. The zero-order valence-electron chi connectivity index (χ0n) is 11.3. The number of carboxylic acid groups (broad SMARTS) is 1. The largest absolute Gasteiger partial charge is 0.481 e. The number of hydrogen-bond donors (Lipinski definition) is 2. The van der Waals surface area contributed by atoms with Crippen LogP contribution in [-0.4, -0.2) is 23.5 Å². The van der Waals surface area contributed by atoms with Gasteiger partial charge in [0.05, 0.1) is 11.8 Å². The Morgan fingerprint density at radius 2 is 2.00 bits per heavy atom. The first-order valence-corrected chi connectivity index (χ1v) is 6.77. The standard InChI is InChI=1S/C14H18BrNO3/c1-9-4-5-10(6-11(9)15)7-12(17)16-8-14(2,3)13(18)19/h4-6H,7-8H2,1-3H3,(H,16,17)(H,18,19). The van der Waals surface area contributed by atoms with Crippen LogP contribution < -0.4 is 5.32 Å². The first kappa shape index (κ1) is 15.7. The fourth-order valence-electron chi connectivity index (χ4n) is 1.39. The van der Waals surface area contributed by atoms with Crippen molar-refractivity contribution in [2.24, 2.45) is 5.41 Å². The maximum absolute atomic E-state index is 11.8. The molecule has 2 N–H and O–H groups in total. The normalized spacial score (nSPS) is 11.2. The maximum Gasteiger partial charge on any atom is 0.310 e. The summed E-state index contributed by atoms with van der Waals surface area (Å²) in [7, 11) is 0. The van der Waals surface area contributed by atoms with Crippen LogP contribution >= 0.6 is 15.9 Å². The van der Waals surface area contributed by atoms with Crippen LogP contribution in [0.25, 0.3) is 0 Å². The van der Waals surface area contributed by atoms with E-state index in [9.17, 15) is 9.59 Å². The summed E-state index contributed by atoms with van der Waals surface area (Å²) in [5, 5.41) is 11.6. The van der Waals surface area contributed by atoms with E-state index < -0.39 is 11.4 Å². The second kappa shape index (κ2) is 6.19. The third-order valence-electron chi connectivity index (χ3n) is 2.91. The lowest BCUT2D eigenvalue weighted by atomic mass is 9.94. The lowest BCUT2D eigenvalue weighted by molar-refractivity contribution is -0.146. The zero-order chi connectivity index (χ0) is 14.6. The summed E-state index contributed by atoms with van der Waals surface area (Å²) in [4.78, 5) is 22.7. The predicted molar refractivity (Wildman–Crippen MR) is 77.0 cm³/mol. The van der Waals surface area contributed by atoms with Crippen molar-refractivity contribution in [2.75, 3.05) is 6.54 Å². The summed E-state index contributed by atoms with van der Waals surface area (Å²) in [6.45, 7) is 5.26. The van der Waals surface area contributed by atoms with Crippen LogP contribution in [0.5, 0.6) is 0 Å². The minimum atomic E-state index is -0.955. The number of benzene rings is 1. The molecule has 0 heterocycles. The molecule has 0 spiro atoms. The maximum atomic E-state index is 11.8. The minimum Gasteiger partial charge on any atom is -0.481 e. The molecular formula is C14H18BrNO3. The monoisotopic (exact) mass is 327 g/mol. The van der Waals surface area contributed by atoms with Gasteiger partial charge in [0, 0.05) is 11.0 Å². The number of halogens is 1. The molecule has 1 rings (SSSR count). The van der Waals surface area contributed by atoms with Crippen molar-refractivity contribution in [3.8, 4) is 0 Å². The number of carbonyl (C=O) groups excluding carboxylic acids is 1. The Morgan fingerprint density at radius 3 is 2.53 bits per heavy atom. The quantitative estimate of drug-likeness (QED) is 0.873. The van der Waals surface area contributed by atoms with Gasteiger partial charge in [0.2, 0.25) is 5.91 Å². The molecule has 104 valence electrons. The Morgan fingerprint density at radius 1 is 1.37 bits per heavy atom. The highest BCUT2D eigenvalue weighted by Crippen LogP contribution is 2.18. The van der Waals surface area contributed by atoms with Crippen molar-refractivity contribution in [3.05, 3.63) is 33.8 Å². The second-order valence-corrected chi connectivity index (χ2v) is 6.08. The Labute approximate surface area is 121 Å². The van der Waals surface area contributed by atoms with Crippen molar-refractivity contribution in [3.63, 3.8) is 0 Å². The first-order chi connectivity index (χ1) is 8.72. The molecule has 4 nitrogen and oxygen atoms in total. The topological polar surface area (TPSA) is 66.4 Å². The van der Waals surface area contributed by atoms with Crippen LogP contribution in [0.2, 0.25) is 0 Å². The van der Waals surface area contributed by atoms with Gasteiger partial charge in [-0.25, -0.2) is 0 Å². The van der Waals surface area contributed by atoms with Crippen LogP contribution in [-0.2, 0) is 16.0 Å². The van der Waals surface area contributed by atoms with E-state index in [2.05, 4.69) is 21.2 Å². The number of carboxylic acids is 1. The number of hydrogen-bond acceptors (Lipinski definition) is 2. The van der Waals surface area contributed by atoms with E-state index in [-0.39, 0.29) is 18.9 Å². The lowest BCUT2D eigenvalue weighted by Crippen LogP contribution is -2.39. The molecule has 0 radical (unpaired) electrons. The van der Waals surface area contributed by atoms with E-state index in [0.717, 1.165) is 15.6 Å². The Bertz CT molecular complexity index is 497. The van der Waals surface area contributed by atoms with Crippen molar-refractivity contribution in [1.29, 1.82) is 0 Å². The van der Waals surface area contributed by atoms with E-state index in [1.165, 1.54) is 0 Å². The number of carbonyl (C=O) groups is 2. The van der Waals surface area contributed by atoms with Crippen molar-refractivity contribution in [1.82, 2.24) is 5.32 Å². The third-order valence-corrected chi connectivity index (χ3v) is 3.76. The van der Waals surface area contributed by atoms with Gasteiger partial charge in [0.25, 0.3) is 0 Å². The van der Waals surface area contributed by atoms with Gasteiger partial charge in [0.1, 0.15) is 0 Å². The third kappa shape index (κ3) is 4.67. The van der Waals surface area contributed by atoms with Gasteiger partial charge >= 0.3 is 5.97 Å². The summed E-state index contributed by atoms with van der Waals surface area (Å²) in [5.74, 6) is -1.10.